The van der Waals surface area contributed by atoms with Crippen molar-refractivity contribution in [2.45, 2.75) is 13.5 Å². The van der Waals surface area contributed by atoms with Gasteiger partial charge in [-0.1, -0.05) is 24.3 Å². The largest absolute Gasteiger partial charge is 0.497 e. The monoisotopic (exact) mass is 463 g/mol. The number of Topliss-reactive ketones (excluding diaryl/α,β-unsaturated/α-hetero) is 1. The quantitative estimate of drug-likeness (QED) is 0.417. The number of carbonyl (C=O) groups excluding carboxylic acids is 2. The Hall–Kier alpha value is -3.98. The maximum absolute atomic E-state index is 13.1. The second-order valence-electron chi connectivity index (χ2n) is 7.22. The van der Waals surface area contributed by atoms with Gasteiger partial charge in [0.15, 0.2) is 5.78 Å². The van der Waals surface area contributed by atoms with E-state index in [9.17, 15) is 14.4 Å². The van der Waals surface area contributed by atoms with Gasteiger partial charge in [0.1, 0.15) is 16.3 Å². The number of methoxy groups -OCH3 is 2. The summed E-state index contributed by atoms with van der Waals surface area (Å²) in [5.74, 6) is 0.472. The molecule has 0 radical (unpaired) electrons. The third-order valence-electron chi connectivity index (χ3n) is 5.18. The van der Waals surface area contributed by atoms with Crippen molar-refractivity contribution in [3.63, 3.8) is 0 Å². The summed E-state index contributed by atoms with van der Waals surface area (Å²) in [6, 6.07) is 13.8. The molecule has 0 bridgehead atoms. The Balaban J connectivity index is 1.64. The molecular formula is C24H21N3O5S. The number of hydrogen-bond acceptors (Lipinski definition) is 7. The molecule has 9 heteroatoms. The maximum Gasteiger partial charge on any atom is 0.266 e. The van der Waals surface area contributed by atoms with E-state index in [0.717, 1.165) is 11.3 Å². The SMILES string of the molecule is COc1cccc(C(=O)Cn2cnc3sc(C(=O)Nc4ccccc4OC)c(C)c3c2=O)c1. The van der Waals surface area contributed by atoms with Crippen LogP contribution in [0.5, 0.6) is 11.5 Å². The summed E-state index contributed by atoms with van der Waals surface area (Å²) in [4.78, 5) is 43.9. The maximum atomic E-state index is 13.1. The van der Waals surface area contributed by atoms with Crippen LogP contribution in [0.3, 0.4) is 0 Å². The van der Waals surface area contributed by atoms with Crippen molar-refractivity contribution in [2.24, 2.45) is 0 Å². The lowest BCUT2D eigenvalue weighted by molar-refractivity contribution is 0.0969. The number of carbonyl (C=O) groups is 2. The smallest absolute Gasteiger partial charge is 0.266 e. The predicted molar refractivity (Wildman–Crippen MR) is 127 cm³/mol. The zero-order valence-electron chi connectivity index (χ0n) is 18.2. The molecule has 0 fully saturated rings. The van der Waals surface area contributed by atoms with Crippen molar-refractivity contribution in [3.8, 4) is 11.5 Å². The number of anilines is 1. The predicted octanol–water partition coefficient (Wildman–Crippen LogP) is 3.92. The average Bonchev–Trinajstić information content (AvgIpc) is 3.18. The fraction of sp³-hybridized carbons (Fsp3) is 0.167. The molecule has 2 heterocycles. The Kier molecular flexibility index (Phi) is 6.23. The normalized spacial score (nSPS) is 10.8. The van der Waals surface area contributed by atoms with Crippen molar-refractivity contribution >= 4 is 38.9 Å². The topological polar surface area (TPSA) is 99.5 Å². The van der Waals surface area contributed by atoms with E-state index in [1.165, 1.54) is 25.1 Å². The lowest BCUT2D eigenvalue weighted by Crippen LogP contribution is -2.24. The van der Waals surface area contributed by atoms with Crippen molar-refractivity contribution in [3.05, 3.63) is 81.2 Å². The van der Waals surface area contributed by atoms with Crippen LogP contribution >= 0.6 is 11.3 Å². The Morgan fingerprint density at radius 3 is 2.64 bits per heavy atom. The Labute approximate surface area is 193 Å². The molecule has 33 heavy (non-hydrogen) atoms. The molecule has 0 atom stereocenters. The number of rotatable bonds is 7. The minimum atomic E-state index is -0.374. The minimum absolute atomic E-state index is 0.174. The van der Waals surface area contributed by atoms with Crippen molar-refractivity contribution in [2.75, 3.05) is 19.5 Å². The highest BCUT2D eigenvalue weighted by Crippen LogP contribution is 2.29. The summed E-state index contributed by atoms with van der Waals surface area (Å²) in [5.41, 5.74) is 1.10. The molecule has 0 aliphatic heterocycles. The van der Waals surface area contributed by atoms with Gasteiger partial charge in [-0.05, 0) is 36.8 Å². The van der Waals surface area contributed by atoms with E-state index in [0.29, 0.717) is 43.4 Å². The van der Waals surface area contributed by atoms with E-state index in [1.54, 1.807) is 55.5 Å². The van der Waals surface area contributed by atoms with Crippen molar-refractivity contribution in [1.82, 2.24) is 9.55 Å². The summed E-state index contributed by atoms with van der Waals surface area (Å²) in [5, 5.41) is 3.15. The highest BCUT2D eigenvalue weighted by atomic mass is 32.1. The van der Waals surface area contributed by atoms with Gasteiger partial charge in [0.05, 0.1) is 43.0 Å². The molecule has 0 saturated heterocycles. The highest BCUT2D eigenvalue weighted by Gasteiger charge is 2.21. The molecule has 0 aliphatic carbocycles. The van der Waals surface area contributed by atoms with Gasteiger partial charge >= 0.3 is 0 Å². The van der Waals surface area contributed by atoms with Gasteiger partial charge < -0.3 is 14.8 Å². The van der Waals surface area contributed by atoms with Gasteiger partial charge in [-0.2, -0.15) is 0 Å². The van der Waals surface area contributed by atoms with Crippen LogP contribution in [-0.4, -0.2) is 35.5 Å². The van der Waals surface area contributed by atoms with E-state index < -0.39 is 0 Å². The Bertz CT molecular complexity index is 1420. The van der Waals surface area contributed by atoms with Gasteiger partial charge in [-0.15, -0.1) is 11.3 Å². The summed E-state index contributed by atoms with van der Waals surface area (Å²) >= 11 is 1.13. The van der Waals surface area contributed by atoms with Gasteiger partial charge in [0.25, 0.3) is 11.5 Å². The number of fused-ring (bicyclic) bond motifs is 1. The fourth-order valence-electron chi connectivity index (χ4n) is 3.46. The molecule has 0 unspecified atom stereocenters. The van der Waals surface area contributed by atoms with Crippen molar-refractivity contribution in [1.29, 1.82) is 0 Å². The number of ketones is 1. The number of benzene rings is 2. The Morgan fingerprint density at radius 1 is 1.09 bits per heavy atom. The van der Waals surface area contributed by atoms with Gasteiger partial charge in [0, 0.05) is 5.56 Å². The molecule has 0 spiro atoms. The number of nitrogens with zero attached hydrogens (tertiary/aromatic N) is 2. The molecule has 0 saturated carbocycles. The molecule has 0 aliphatic rings. The van der Waals surface area contributed by atoms with E-state index in [2.05, 4.69) is 10.3 Å². The molecule has 8 nitrogen and oxygen atoms in total. The molecule has 2 aromatic heterocycles. The standard InChI is InChI=1S/C24H21N3O5S/c1-14-20-23(33-21(14)22(29)26-17-9-4-5-10-19(17)32-3)25-13-27(24(20)30)12-18(28)15-7-6-8-16(11-15)31-2/h4-11,13H,12H2,1-3H3,(H,26,29). The zero-order valence-corrected chi connectivity index (χ0v) is 19.1. The summed E-state index contributed by atoms with van der Waals surface area (Å²) in [6.45, 7) is 1.53. The zero-order chi connectivity index (χ0) is 23.5. The molecule has 1 N–H and O–H groups in total. The number of para-hydroxylation sites is 2. The van der Waals surface area contributed by atoms with Crippen LogP contribution in [0.1, 0.15) is 25.6 Å². The van der Waals surface area contributed by atoms with Crippen LogP contribution in [-0.2, 0) is 6.54 Å². The molecule has 4 rings (SSSR count). The van der Waals surface area contributed by atoms with Crippen molar-refractivity contribution < 1.29 is 19.1 Å². The van der Waals surface area contributed by atoms with Gasteiger partial charge in [-0.3, -0.25) is 19.0 Å². The van der Waals surface area contributed by atoms with E-state index >= 15 is 0 Å². The Morgan fingerprint density at radius 2 is 1.88 bits per heavy atom. The minimum Gasteiger partial charge on any atom is -0.497 e. The number of ether oxygens (including phenoxy) is 2. The van der Waals surface area contributed by atoms with Crippen LogP contribution in [0.25, 0.3) is 10.2 Å². The van der Waals surface area contributed by atoms with E-state index in [-0.39, 0.29) is 23.8 Å². The number of aryl methyl sites for hydroxylation is 1. The third kappa shape index (κ3) is 4.35. The molecule has 168 valence electrons. The molecule has 1 amide bonds. The summed E-state index contributed by atoms with van der Waals surface area (Å²) in [6.07, 6.45) is 1.33. The van der Waals surface area contributed by atoms with Crippen LogP contribution in [0.4, 0.5) is 5.69 Å². The molecule has 4 aromatic rings. The molecular weight excluding hydrogens is 442 g/mol. The fourth-order valence-corrected chi connectivity index (χ4v) is 4.49. The summed E-state index contributed by atoms with van der Waals surface area (Å²) < 4.78 is 11.7. The average molecular weight is 464 g/mol. The number of hydrogen-bond donors (Lipinski definition) is 1. The second-order valence-corrected chi connectivity index (χ2v) is 8.22. The first kappa shape index (κ1) is 22.2. The lowest BCUT2D eigenvalue weighted by atomic mass is 10.1. The first-order chi connectivity index (χ1) is 15.9. The lowest BCUT2D eigenvalue weighted by Gasteiger charge is -2.09. The first-order valence-electron chi connectivity index (χ1n) is 10.0. The first-order valence-corrected chi connectivity index (χ1v) is 10.8. The molecule has 2 aromatic carbocycles. The third-order valence-corrected chi connectivity index (χ3v) is 6.38. The van der Waals surface area contributed by atoms with Crippen LogP contribution in [0.15, 0.2) is 59.7 Å². The van der Waals surface area contributed by atoms with Crippen LogP contribution in [0, 0.1) is 6.92 Å². The second kappa shape index (κ2) is 9.25. The number of amides is 1. The van der Waals surface area contributed by atoms with Crippen LogP contribution in [0.2, 0.25) is 0 Å². The van der Waals surface area contributed by atoms with E-state index in [1.807, 2.05) is 0 Å². The number of nitrogens with one attached hydrogen (secondary N) is 1. The summed E-state index contributed by atoms with van der Waals surface area (Å²) in [7, 11) is 3.04. The van der Waals surface area contributed by atoms with Gasteiger partial charge in [-0.25, -0.2) is 4.98 Å². The highest BCUT2D eigenvalue weighted by molar-refractivity contribution is 7.20. The van der Waals surface area contributed by atoms with Gasteiger partial charge in [0.2, 0.25) is 0 Å². The number of thiophene rings is 1. The van der Waals surface area contributed by atoms with Crippen LogP contribution < -0.4 is 20.3 Å². The van der Waals surface area contributed by atoms with E-state index in [4.69, 9.17) is 9.47 Å². The number of aromatic nitrogens is 2.